The third kappa shape index (κ3) is 7.62. The number of aliphatic hydroxyl groups excluding tert-OH is 1. The summed E-state index contributed by atoms with van der Waals surface area (Å²) in [5.41, 5.74) is 2.60. The van der Waals surface area contributed by atoms with Crippen molar-refractivity contribution in [3.63, 3.8) is 0 Å². The Labute approximate surface area is 206 Å². The molecule has 0 aliphatic carbocycles. The van der Waals surface area contributed by atoms with E-state index in [9.17, 15) is 18.7 Å². The average molecular weight is 533 g/mol. The Balaban J connectivity index is 1.73. The van der Waals surface area contributed by atoms with Crippen LogP contribution in [0, 0.1) is 18.6 Å². The Hall–Kier alpha value is -2.81. The summed E-state index contributed by atoms with van der Waals surface area (Å²) in [4.78, 5) is 12.9. The molecule has 2 atom stereocenters. The number of nitrogens with one attached hydrogen (secondary N) is 2. The van der Waals surface area contributed by atoms with Crippen LogP contribution in [-0.4, -0.2) is 36.8 Å². The highest BCUT2D eigenvalue weighted by Gasteiger charge is 2.23. The van der Waals surface area contributed by atoms with Crippen LogP contribution in [-0.2, 0) is 13.0 Å². The average Bonchev–Trinajstić information content (AvgIpc) is 2.77. The quantitative estimate of drug-likeness (QED) is 0.358. The van der Waals surface area contributed by atoms with Crippen LogP contribution in [0.15, 0.2) is 65.1 Å². The molecule has 0 heterocycles. The predicted octanol–water partition coefficient (Wildman–Crippen LogP) is 4.54. The van der Waals surface area contributed by atoms with Crippen molar-refractivity contribution in [3.05, 3.63) is 99.0 Å². The number of aliphatic hydroxyl groups is 1. The van der Waals surface area contributed by atoms with Gasteiger partial charge in [0.2, 0.25) is 0 Å². The van der Waals surface area contributed by atoms with Crippen molar-refractivity contribution in [2.24, 2.45) is 0 Å². The zero-order valence-corrected chi connectivity index (χ0v) is 20.5. The van der Waals surface area contributed by atoms with Crippen molar-refractivity contribution in [3.8, 4) is 5.75 Å². The normalized spacial score (nSPS) is 12.8. The lowest BCUT2D eigenvalue weighted by Crippen LogP contribution is -2.48. The van der Waals surface area contributed by atoms with Gasteiger partial charge in [-0.25, -0.2) is 8.78 Å². The summed E-state index contributed by atoms with van der Waals surface area (Å²) in [5, 5.41) is 16.9. The summed E-state index contributed by atoms with van der Waals surface area (Å²) < 4.78 is 33.4. The molecule has 0 fully saturated rings. The summed E-state index contributed by atoms with van der Waals surface area (Å²) >= 11 is 3.38. The van der Waals surface area contributed by atoms with Crippen LogP contribution < -0.4 is 15.4 Å². The number of halogens is 3. The molecule has 0 spiro atoms. The topological polar surface area (TPSA) is 70.6 Å². The van der Waals surface area contributed by atoms with Gasteiger partial charge in [-0.1, -0.05) is 28.1 Å². The number of hydrogen-bond acceptors (Lipinski definition) is 4. The molecule has 0 aliphatic rings. The van der Waals surface area contributed by atoms with E-state index in [0.717, 1.165) is 27.4 Å². The number of ether oxygens (including phenoxy) is 1. The lowest BCUT2D eigenvalue weighted by Gasteiger charge is -2.25. The Morgan fingerprint density at radius 3 is 2.47 bits per heavy atom. The molecule has 0 bridgehead atoms. The van der Waals surface area contributed by atoms with E-state index >= 15 is 0 Å². The Morgan fingerprint density at radius 1 is 1.06 bits per heavy atom. The van der Waals surface area contributed by atoms with Crippen LogP contribution in [0.3, 0.4) is 0 Å². The maximum absolute atomic E-state index is 13.7. The van der Waals surface area contributed by atoms with E-state index in [4.69, 9.17) is 4.74 Å². The van der Waals surface area contributed by atoms with Gasteiger partial charge in [-0.05, 0) is 72.5 Å². The van der Waals surface area contributed by atoms with Gasteiger partial charge in [-0.3, -0.25) is 4.79 Å². The molecular weight excluding hydrogens is 506 g/mol. The number of aryl methyl sites for hydroxylation is 1. The SMILES string of the molecule is COc1cccc(CNC[C@H](O)[C@H](Cc2cc(F)cc(F)c2)NC(=O)c2cc(C)cc(Br)c2)c1. The summed E-state index contributed by atoms with van der Waals surface area (Å²) in [5.74, 6) is -1.10. The van der Waals surface area contributed by atoms with Crippen LogP contribution in [0.1, 0.15) is 27.0 Å². The zero-order chi connectivity index (χ0) is 24.7. The first kappa shape index (κ1) is 25.8. The van der Waals surface area contributed by atoms with Gasteiger partial charge in [0.1, 0.15) is 17.4 Å². The monoisotopic (exact) mass is 532 g/mol. The predicted molar refractivity (Wildman–Crippen MR) is 131 cm³/mol. The fraction of sp³-hybridized carbons (Fsp3) is 0.269. The van der Waals surface area contributed by atoms with Gasteiger partial charge in [0, 0.05) is 29.2 Å². The molecule has 5 nitrogen and oxygen atoms in total. The number of amides is 1. The number of hydrogen-bond donors (Lipinski definition) is 3. The van der Waals surface area contributed by atoms with Gasteiger partial charge >= 0.3 is 0 Å². The van der Waals surface area contributed by atoms with E-state index in [1.165, 1.54) is 12.1 Å². The Bertz CT molecular complexity index is 1100. The molecule has 0 radical (unpaired) electrons. The van der Waals surface area contributed by atoms with Gasteiger partial charge in [-0.2, -0.15) is 0 Å². The van der Waals surface area contributed by atoms with Crippen molar-refractivity contribution in [1.82, 2.24) is 10.6 Å². The molecule has 0 aliphatic heterocycles. The van der Waals surface area contributed by atoms with Gasteiger partial charge < -0.3 is 20.5 Å². The van der Waals surface area contributed by atoms with Crippen molar-refractivity contribution >= 4 is 21.8 Å². The van der Waals surface area contributed by atoms with Crippen molar-refractivity contribution in [1.29, 1.82) is 0 Å². The molecule has 8 heteroatoms. The van der Waals surface area contributed by atoms with E-state index in [2.05, 4.69) is 26.6 Å². The standard InChI is InChI=1S/C26H27BrF2N2O3/c1-16-6-19(12-20(27)7-16)26(33)31-24(11-18-8-21(28)13-22(29)9-18)25(32)15-30-14-17-4-3-5-23(10-17)34-2/h3-10,12-13,24-25,30,32H,11,14-15H2,1-2H3,(H,31,33)/t24-,25-/m0/s1. The Morgan fingerprint density at radius 2 is 1.79 bits per heavy atom. The summed E-state index contributed by atoms with van der Waals surface area (Å²) in [6.45, 7) is 2.48. The lowest BCUT2D eigenvalue weighted by atomic mass is 10.00. The minimum absolute atomic E-state index is 0.0510. The molecule has 0 unspecified atom stereocenters. The highest BCUT2D eigenvalue weighted by molar-refractivity contribution is 9.10. The first-order valence-corrected chi connectivity index (χ1v) is 11.6. The van der Waals surface area contributed by atoms with Gasteiger partial charge in [0.15, 0.2) is 0 Å². The third-order valence-electron chi connectivity index (χ3n) is 5.28. The van der Waals surface area contributed by atoms with Gasteiger partial charge in [0.05, 0.1) is 19.3 Å². The van der Waals surface area contributed by atoms with E-state index in [1.54, 1.807) is 19.2 Å². The molecule has 1 amide bonds. The molecule has 3 rings (SSSR count). The van der Waals surface area contributed by atoms with Crippen LogP contribution in [0.5, 0.6) is 5.75 Å². The van der Waals surface area contributed by atoms with Crippen LogP contribution in [0.25, 0.3) is 0 Å². The molecule has 3 N–H and O–H groups in total. The smallest absolute Gasteiger partial charge is 0.251 e. The second-order valence-electron chi connectivity index (χ2n) is 8.13. The molecule has 34 heavy (non-hydrogen) atoms. The first-order chi connectivity index (χ1) is 16.2. The molecule has 3 aromatic carbocycles. The molecule has 0 aromatic heterocycles. The fourth-order valence-corrected chi connectivity index (χ4v) is 4.28. The molecule has 0 saturated heterocycles. The van der Waals surface area contributed by atoms with Crippen molar-refractivity contribution < 1.29 is 23.4 Å². The molecule has 3 aromatic rings. The highest BCUT2D eigenvalue weighted by Crippen LogP contribution is 2.17. The summed E-state index contributed by atoms with van der Waals surface area (Å²) in [6.07, 6.45) is -0.968. The zero-order valence-electron chi connectivity index (χ0n) is 18.9. The van der Waals surface area contributed by atoms with Crippen LogP contribution >= 0.6 is 15.9 Å². The van der Waals surface area contributed by atoms with Gasteiger partial charge in [-0.15, -0.1) is 0 Å². The fourth-order valence-electron chi connectivity index (χ4n) is 3.67. The highest BCUT2D eigenvalue weighted by atomic mass is 79.9. The van der Waals surface area contributed by atoms with E-state index in [-0.39, 0.29) is 13.0 Å². The summed E-state index contributed by atoms with van der Waals surface area (Å²) in [6, 6.07) is 15.2. The number of carbonyl (C=O) groups is 1. The molecule has 0 saturated carbocycles. The van der Waals surface area contributed by atoms with Gasteiger partial charge in [0.25, 0.3) is 5.91 Å². The van der Waals surface area contributed by atoms with Crippen molar-refractivity contribution in [2.75, 3.05) is 13.7 Å². The number of rotatable bonds is 10. The largest absolute Gasteiger partial charge is 0.497 e. The molecular formula is C26H27BrF2N2O3. The molecule has 180 valence electrons. The van der Waals surface area contributed by atoms with E-state index < -0.39 is 29.7 Å². The van der Waals surface area contributed by atoms with Crippen LogP contribution in [0.4, 0.5) is 8.78 Å². The van der Waals surface area contributed by atoms with E-state index in [0.29, 0.717) is 17.7 Å². The lowest BCUT2D eigenvalue weighted by molar-refractivity contribution is 0.0829. The maximum atomic E-state index is 13.7. The minimum atomic E-state index is -1.02. The number of carbonyl (C=O) groups excluding carboxylic acids is 1. The first-order valence-electron chi connectivity index (χ1n) is 10.8. The van der Waals surface area contributed by atoms with Crippen molar-refractivity contribution in [2.45, 2.75) is 32.0 Å². The third-order valence-corrected chi connectivity index (χ3v) is 5.74. The summed E-state index contributed by atoms with van der Waals surface area (Å²) in [7, 11) is 1.59. The van der Waals surface area contributed by atoms with E-state index in [1.807, 2.05) is 37.3 Å². The number of methoxy groups -OCH3 is 1. The maximum Gasteiger partial charge on any atom is 0.251 e. The second-order valence-corrected chi connectivity index (χ2v) is 9.04. The number of benzene rings is 3. The Kier molecular flexibility index (Phi) is 9.15. The minimum Gasteiger partial charge on any atom is -0.497 e. The van der Waals surface area contributed by atoms with Crippen LogP contribution in [0.2, 0.25) is 0 Å². The second kappa shape index (κ2) is 12.1.